The molecule has 4 heteroatoms. The van der Waals surface area contributed by atoms with Gasteiger partial charge in [-0.15, -0.1) is 0 Å². The number of hydrogen-bond acceptors (Lipinski definition) is 2. The van der Waals surface area contributed by atoms with E-state index in [0.717, 1.165) is 23.1 Å². The molecular weight excluding hydrogens is 295 g/mol. The molecule has 0 aliphatic carbocycles. The van der Waals surface area contributed by atoms with Crippen molar-refractivity contribution in [2.75, 3.05) is 20.1 Å². The molecule has 100 valence electrons. The van der Waals surface area contributed by atoms with Crippen molar-refractivity contribution in [3.8, 4) is 0 Å². The third kappa shape index (κ3) is 3.11. The molecule has 1 heterocycles. The van der Waals surface area contributed by atoms with E-state index in [2.05, 4.69) is 33.1 Å². The zero-order valence-corrected chi connectivity index (χ0v) is 12.5. The Morgan fingerprint density at radius 3 is 2.94 bits per heavy atom. The third-order valence-electron chi connectivity index (χ3n) is 3.82. The summed E-state index contributed by atoms with van der Waals surface area (Å²) >= 11 is 3.30. The standard InChI is InChI=1S/C14H20BrFN2/c1-10(13-6-5-11(15)8-14(13)16)18-7-3-4-12(9-18)17-2/h5-6,8,10,12,17H,3-4,7,9H2,1-2H3. The van der Waals surface area contributed by atoms with Gasteiger partial charge < -0.3 is 5.32 Å². The normalized spacial score (nSPS) is 23.0. The molecule has 0 radical (unpaired) electrons. The summed E-state index contributed by atoms with van der Waals surface area (Å²) in [6, 6.07) is 6.00. The minimum absolute atomic E-state index is 0.122. The van der Waals surface area contributed by atoms with Crippen LogP contribution in [0.5, 0.6) is 0 Å². The van der Waals surface area contributed by atoms with Crippen LogP contribution in [0.4, 0.5) is 4.39 Å². The van der Waals surface area contributed by atoms with Crippen LogP contribution in [0.2, 0.25) is 0 Å². The minimum Gasteiger partial charge on any atom is -0.316 e. The van der Waals surface area contributed by atoms with E-state index in [1.54, 1.807) is 6.07 Å². The van der Waals surface area contributed by atoms with Crippen LogP contribution in [0.25, 0.3) is 0 Å². The van der Waals surface area contributed by atoms with Crippen LogP contribution >= 0.6 is 15.9 Å². The summed E-state index contributed by atoms with van der Waals surface area (Å²) in [5.74, 6) is -0.122. The number of nitrogens with zero attached hydrogens (tertiary/aromatic N) is 1. The molecule has 18 heavy (non-hydrogen) atoms. The summed E-state index contributed by atoms with van der Waals surface area (Å²) in [5.41, 5.74) is 0.787. The molecule has 2 unspecified atom stereocenters. The molecule has 2 nitrogen and oxygen atoms in total. The molecule has 0 amide bonds. The highest BCUT2D eigenvalue weighted by atomic mass is 79.9. The Hall–Kier alpha value is -0.450. The molecule has 1 aliphatic rings. The maximum Gasteiger partial charge on any atom is 0.129 e. The molecule has 0 aromatic heterocycles. The maximum atomic E-state index is 14.0. The Bertz CT molecular complexity index is 411. The van der Waals surface area contributed by atoms with Gasteiger partial charge >= 0.3 is 0 Å². The lowest BCUT2D eigenvalue weighted by Crippen LogP contribution is -2.45. The zero-order chi connectivity index (χ0) is 13.1. The van der Waals surface area contributed by atoms with Gasteiger partial charge in [-0.2, -0.15) is 0 Å². The van der Waals surface area contributed by atoms with E-state index < -0.39 is 0 Å². The first-order valence-corrected chi connectivity index (χ1v) is 7.27. The summed E-state index contributed by atoms with van der Waals surface area (Å²) in [5, 5.41) is 3.32. The molecule has 0 bridgehead atoms. The van der Waals surface area contributed by atoms with Gasteiger partial charge in [-0.1, -0.05) is 22.0 Å². The van der Waals surface area contributed by atoms with E-state index in [1.165, 1.54) is 12.8 Å². The van der Waals surface area contributed by atoms with Crippen LogP contribution in [0, 0.1) is 5.82 Å². The molecule has 1 aromatic rings. The first-order chi connectivity index (χ1) is 8.61. The molecule has 2 rings (SSSR count). The van der Waals surface area contributed by atoms with Crippen LogP contribution in [0.1, 0.15) is 31.4 Å². The van der Waals surface area contributed by atoms with Gasteiger partial charge in [0, 0.05) is 28.7 Å². The molecular formula is C14H20BrFN2. The number of piperidine rings is 1. The molecule has 0 spiro atoms. The van der Waals surface area contributed by atoms with E-state index in [4.69, 9.17) is 0 Å². The quantitative estimate of drug-likeness (QED) is 0.920. The number of likely N-dealkylation sites (tertiary alicyclic amines) is 1. The fourth-order valence-corrected chi connectivity index (χ4v) is 2.96. The van der Waals surface area contributed by atoms with Crippen LogP contribution in [0.3, 0.4) is 0 Å². The SMILES string of the molecule is CNC1CCCN(C(C)c2ccc(Br)cc2F)C1. The number of rotatable bonds is 3. The summed E-state index contributed by atoms with van der Waals surface area (Å²) in [6.07, 6.45) is 2.39. The average molecular weight is 315 g/mol. The number of benzene rings is 1. The van der Waals surface area contributed by atoms with Gasteiger partial charge in [0.15, 0.2) is 0 Å². The van der Waals surface area contributed by atoms with Gasteiger partial charge in [-0.3, -0.25) is 4.90 Å². The van der Waals surface area contributed by atoms with Gasteiger partial charge in [0.25, 0.3) is 0 Å². The highest BCUT2D eigenvalue weighted by Gasteiger charge is 2.24. The topological polar surface area (TPSA) is 15.3 Å². The maximum absolute atomic E-state index is 14.0. The Morgan fingerprint density at radius 2 is 2.28 bits per heavy atom. The first kappa shape index (κ1) is 14.0. The van der Waals surface area contributed by atoms with E-state index >= 15 is 0 Å². The number of likely N-dealkylation sites (N-methyl/N-ethyl adjacent to an activating group) is 1. The second-order valence-corrected chi connectivity index (χ2v) is 5.88. The molecule has 1 aromatic carbocycles. The number of halogens is 2. The van der Waals surface area contributed by atoms with Crippen molar-refractivity contribution < 1.29 is 4.39 Å². The predicted octanol–water partition coefficient (Wildman–Crippen LogP) is 3.33. The minimum atomic E-state index is -0.122. The highest BCUT2D eigenvalue weighted by molar-refractivity contribution is 9.10. The Kier molecular flexibility index (Phi) is 4.76. The number of nitrogens with one attached hydrogen (secondary N) is 1. The third-order valence-corrected chi connectivity index (χ3v) is 4.31. The van der Waals surface area contributed by atoms with Crippen molar-refractivity contribution in [3.05, 3.63) is 34.1 Å². The molecule has 1 fully saturated rings. The second kappa shape index (κ2) is 6.13. The van der Waals surface area contributed by atoms with Gasteiger partial charge in [-0.25, -0.2) is 4.39 Å². The summed E-state index contributed by atoms with van der Waals surface area (Å²) in [7, 11) is 2.00. The largest absolute Gasteiger partial charge is 0.316 e. The van der Waals surface area contributed by atoms with Crippen molar-refractivity contribution >= 4 is 15.9 Å². The molecule has 0 saturated carbocycles. The molecule has 1 saturated heterocycles. The first-order valence-electron chi connectivity index (χ1n) is 6.48. The summed E-state index contributed by atoms with van der Waals surface area (Å²) in [4.78, 5) is 2.36. The van der Waals surface area contributed by atoms with Crippen LogP contribution in [0.15, 0.2) is 22.7 Å². The smallest absolute Gasteiger partial charge is 0.129 e. The fraction of sp³-hybridized carbons (Fsp3) is 0.571. The van der Waals surface area contributed by atoms with Crippen molar-refractivity contribution in [1.29, 1.82) is 0 Å². The second-order valence-electron chi connectivity index (χ2n) is 4.96. The lowest BCUT2D eigenvalue weighted by Gasteiger charge is -2.37. The van der Waals surface area contributed by atoms with E-state index in [1.807, 2.05) is 19.2 Å². The average Bonchev–Trinajstić information content (AvgIpc) is 2.38. The fourth-order valence-electron chi connectivity index (χ4n) is 2.63. The Labute approximate surface area is 117 Å². The van der Waals surface area contributed by atoms with Crippen LogP contribution in [-0.2, 0) is 0 Å². The highest BCUT2D eigenvalue weighted by Crippen LogP contribution is 2.27. The van der Waals surface area contributed by atoms with Crippen molar-refractivity contribution in [1.82, 2.24) is 10.2 Å². The zero-order valence-electron chi connectivity index (χ0n) is 10.9. The Morgan fingerprint density at radius 1 is 1.50 bits per heavy atom. The van der Waals surface area contributed by atoms with Crippen molar-refractivity contribution in [2.24, 2.45) is 0 Å². The van der Waals surface area contributed by atoms with Gasteiger partial charge in [-0.05, 0) is 45.5 Å². The lowest BCUT2D eigenvalue weighted by atomic mass is 10.0. The lowest BCUT2D eigenvalue weighted by molar-refractivity contribution is 0.147. The van der Waals surface area contributed by atoms with E-state index in [0.29, 0.717) is 6.04 Å². The van der Waals surface area contributed by atoms with E-state index in [9.17, 15) is 4.39 Å². The molecule has 1 aliphatic heterocycles. The molecule has 1 N–H and O–H groups in total. The van der Waals surface area contributed by atoms with Crippen molar-refractivity contribution in [2.45, 2.75) is 31.8 Å². The Balaban J connectivity index is 2.12. The van der Waals surface area contributed by atoms with E-state index in [-0.39, 0.29) is 11.9 Å². The van der Waals surface area contributed by atoms with Gasteiger partial charge in [0.2, 0.25) is 0 Å². The predicted molar refractivity (Wildman–Crippen MR) is 76.2 cm³/mol. The summed E-state index contributed by atoms with van der Waals surface area (Å²) < 4.78 is 14.8. The van der Waals surface area contributed by atoms with Gasteiger partial charge in [0.05, 0.1) is 0 Å². The monoisotopic (exact) mass is 314 g/mol. The number of hydrogen-bond donors (Lipinski definition) is 1. The van der Waals surface area contributed by atoms with Crippen LogP contribution in [-0.4, -0.2) is 31.1 Å². The molecule has 2 atom stereocenters. The summed E-state index contributed by atoms with van der Waals surface area (Å²) in [6.45, 7) is 4.13. The van der Waals surface area contributed by atoms with Gasteiger partial charge in [0.1, 0.15) is 5.82 Å². The van der Waals surface area contributed by atoms with Crippen molar-refractivity contribution in [3.63, 3.8) is 0 Å². The van der Waals surface area contributed by atoms with Crippen LogP contribution < -0.4 is 5.32 Å².